The number of hydrogen-bond acceptors (Lipinski definition) is 19. The minimum absolute atomic E-state index is 0.0337. The zero-order valence-corrected chi connectivity index (χ0v) is 55.2. The molecule has 1 fully saturated rings. The molecule has 3 atom stereocenters. The van der Waals surface area contributed by atoms with Crippen LogP contribution in [0, 0.1) is 0 Å². The summed E-state index contributed by atoms with van der Waals surface area (Å²) in [5, 5.41) is 44.6. The molecule has 24 nitrogen and oxygen atoms in total. The molecule has 7 N–H and O–H groups in total. The lowest BCUT2D eigenvalue weighted by atomic mass is 10.0. The van der Waals surface area contributed by atoms with E-state index in [4.69, 9.17) is 18.5 Å². The third kappa shape index (κ3) is 41.5. The Kier molecular flexibility index (Phi) is 46.2. The number of hydrogen-bond donors (Lipinski definition) is 7. The average molecular weight is 1290 g/mol. The molecule has 1 heterocycles. The van der Waals surface area contributed by atoms with Crippen LogP contribution in [0.25, 0.3) is 0 Å². The summed E-state index contributed by atoms with van der Waals surface area (Å²) in [5.74, 6) is -5.57. The summed E-state index contributed by atoms with van der Waals surface area (Å²) in [6, 6.07) is -1.12. The second kappa shape index (κ2) is 51.0. The summed E-state index contributed by atoms with van der Waals surface area (Å²) < 4.78 is 34.5. The van der Waals surface area contributed by atoms with Gasteiger partial charge < -0.3 is 45.4 Å². The van der Waals surface area contributed by atoms with Crippen molar-refractivity contribution in [2.45, 2.75) is 244 Å². The van der Waals surface area contributed by atoms with Gasteiger partial charge in [-0.2, -0.15) is 0 Å². The Morgan fingerprint density at radius 3 is 1.18 bits per heavy atom. The SMILES string of the molecule is CCCCCCCCCCCCCCCCCC(=O)OCC(COP(=O)(O)OCCNc1c(NCCCC(C(=O)O)N2CCN(CC(=O)O)CCN(CC(=O)O)CCN(CC(=O)O)CC2)c(=O)c1=O)OC(=O)CCCCCCCCCCCCCCCCC. The number of phosphoric ester groups is 1. The van der Waals surface area contributed by atoms with Crippen molar-refractivity contribution in [1.82, 2.24) is 19.6 Å². The van der Waals surface area contributed by atoms with E-state index in [1.807, 2.05) is 0 Å². The molecular formula is C64H115N6O18P. The molecule has 1 saturated heterocycles. The standard InChI is InChI=1S/C64H115N6O18P/c1-3-5-7-9-11-13-15-17-19-21-23-25-27-29-31-35-58(77)85-51-53(88-59(78)36-32-30-28-26-24-22-20-18-16-14-12-10-8-6-4-2)52-87-89(83,84)86-47-38-66-61-60(62(79)63(61)80)65-37-33-34-54(64(81)82)70-45-43-68(49-56(73)74)41-39-67(48-55(71)72)40-42-69(44-46-70)50-57(75)76/h53-54,65-66H,3-52H2,1-2H3,(H,71,72)(H,73,74)(H,75,76)(H,81,82)(H,83,84). The highest BCUT2D eigenvalue weighted by Crippen LogP contribution is 2.43. The predicted molar refractivity (Wildman–Crippen MR) is 344 cm³/mol. The van der Waals surface area contributed by atoms with Gasteiger partial charge in [0, 0.05) is 78.3 Å². The van der Waals surface area contributed by atoms with Crippen molar-refractivity contribution in [2.75, 3.05) is 116 Å². The summed E-state index contributed by atoms with van der Waals surface area (Å²) in [6.07, 6.45) is 34.8. The molecule has 0 aliphatic carbocycles. The van der Waals surface area contributed by atoms with Gasteiger partial charge in [0.2, 0.25) is 0 Å². The monoisotopic (exact) mass is 1290 g/mol. The predicted octanol–water partition coefficient (Wildman–Crippen LogP) is 9.93. The third-order valence-corrected chi connectivity index (χ3v) is 17.3. The molecule has 25 heteroatoms. The number of carbonyl (C=O) groups is 6. The van der Waals surface area contributed by atoms with E-state index in [-0.39, 0.29) is 122 Å². The van der Waals surface area contributed by atoms with Crippen LogP contribution in [-0.2, 0) is 51.9 Å². The van der Waals surface area contributed by atoms with Crippen molar-refractivity contribution in [3.05, 3.63) is 20.4 Å². The Hall–Kier alpha value is -4.55. The van der Waals surface area contributed by atoms with E-state index in [2.05, 4.69) is 24.5 Å². The number of carboxylic acid groups (broad SMARTS) is 4. The van der Waals surface area contributed by atoms with Crippen LogP contribution < -0.4 is 21.5 Å². The highest BCUT2D eigenvalue weighted by atomic mass is 31.2. The molecule has 89 heavy (non-hydrogen) atoms. The Labute approximate surface area is 530 Å². The molecule has 1 aromatic rings. The van der Waals surface area contributed by atoms with E-state index < -0.39 is 86.5 Å². The summed E-state index contributed by atoms with van der Waals surface area (Å²) in [7, 11) is -4.81. The minimum Gasteiger partial charge on any atom is -0.480 e. The third-order valence-electron chi connectivity index (χ3n) is 16.3. The number of rotatable bonds is 56. The van der Waals surface area contributed by atoms with Gasteiger partial charge in [-0.25, -0.2) is 4.57 Å². The number of aliphatic carboxylic acids is 4. The fourth-order valence-corrected chi connectivity index (χ4v) is 11.8. The van der Waals surface area contributed by atoms with Crippen LogP contribution >= 0.6 is 7.82 Å². The normalized spacial score (nSPS) is 15.6. The number of nitrogens with one attached hydrogen (secondary N) is 2. The van der Waals surface area contributed by atoms with Gasteiger partial charge in [-0.3, -0.25) is 67.0 Å². The van der Waals surface area contributed by atoms with Gasteiger partial charge in [-0.1, -0.05) is 194 Å². The molecule has 3 unspecified atom stereocenters. The number of ether oxygens (including phenoxy) is 2. The van der Waals surface area contributed by atoms with Gasteiger partial charge >= 0.3 is 43.6 Å². The number of anilines is 2. The Morgan fingerprint density at radius 2 is 0.809 bits per heavy atom. The van der Waals surface area contributed by atoms with E-state index in [9.17, 15) is 68.2 Å². The molecule has 514 valence electrons. The fourth-order valence-electron chi connectivity index (χ4n) is 11.1. The first-order chi connectivity index (χ1) is 42.8. The molecule has 1 aliphatic rings. The first-order valence-electron chi connectivity index (χ1n) is 33.9. The van der Waals surface area contributed by atoms with Crippen molar-refractivity contribution >= 4 is 55.0 Å². The molecule has 0 saturated carbocycles. The molecule has 2 rings (SSSR count). The number of phosphoric acid groups is 1. The molecule has 0 bridgehead atoms. The van der Waals surface area contributed by atoms with E-state index >= 15 is 0 Å². The molecule has 0 spiro atoms. The van der Waals surface area contributed by atoms with Crippen LogP contribution in [0.5, 0.6) is 0 Å². The fraction of sp³-hybridized carbons (Fsp3) is 0.844. The van der Waals surface area contributed by atoms with Crippen LogP contribution in [0.15, 0.2) is 9.59 Å². The largest absolute Gasteiger partial charge is 0.480 e. The van der Waals surface area contributed by atoms with Crippen LogP contribution in [-0.4, -0.2) is 198 Å². The van der Waals surface area contributed by atoms with Gasteiger partial charge in [0.1, 0.15) is 24.0 Å². The quantitative estimate of drug-likeness (QED) is 0.0138. The summed E-state index contributed by atoms with van der Waals surface area (Å²) in [4.78, 5) is 116. The van der Waals surface area contributed by atoms with Gasteiger partial charge in [-0.15, -0.1) is 0 Å². The first-order valence-corrected chi connectivity index (χ1v) is 35.4. The lowest BCUT2D eigenvalue weighted by Gasteiger charge is -2.35. The minimum atomic E-state index is -4.81. The zero-order chi connectivity index (χ0) is 65.3. The van der Waals surface area contributed by atoms with Crippen LogP contribution in [0.4, 0.5) is 11.4 Å². The van der Waals surface area contributed by atoms with E-state index in [1.54, 1.807) is 19.6 Å². The van der Waals surface area contributed by atoms with Gasteiger partial charge in [0.25, 0.3) is 10.9 Å². The van der Waals surface area contributed by atoms with Crippen LogP contribution in [0.2, 0.25) is 0 Å². The number of carbonyl (C=O) groups excluding carboxylic acids is 2. The molecule has 1 aliphatic heterocycles. The molecule has 0 radical (unpaired) electrons. The smallest absolute Gasteiger partial charge is 0.472 e. The van der Waals surface area contributed by atoms with E-state index in [1.165, 1.54) is 135 Å². The zero-order valence-electron chi connectivity index (χ0n) is 54.3. The van der Waals surface area contributed by atoms with Crippen molar-refractivity contribution in [2.24, 2.45) is 0 Å². The summed E-state index contributed by atoms with van der Waals surface area (Å²) in [5.41, 5.74) is -1.89. The maximum Gasteiger partial charge on any atom is 0.472 e. The first kappa shape index (κ1) is 80.5. The second-order valence-electron chi connectivity index (χ2n) is 24.1. The number of esters is 2. The number of unbranched alkanes of at least 4 members (excludes halogenated alkanes) is 28. The lowest BCUT2D eigenvalue weighted by molar-refractivity contribution is -0.161. The second-order valence-corrected chi connectivity index (χ2v) is 25.5. The van der Waals surface area contributed by atoms with Gasteiger partial charge in [-0.05, 0) is 25.7 Å². The Bertz CT molecular complexity index is 2190. The number of carboxylic acids is 4. The van der Waals surface area contributed by atoms with Crippen LogP contribution in [0.1, 0.15) is 232 Å². The van der Waals surface area contributed by atoms with Gasteiger partial charge in [0.15, 0.2) is 6.10 Å². The maximum absolute atomic E-state index is 13.1. The van der Waals surface area contributed by atoms with Crippen molar-refractivity contribution in [1.29, 1.82) is 0 Å². The molecule has 1 aromatic carbocycles. The number of nitrogens with zero attached hydrogens (tertiary/aromatic N) is 4. The molecule has 0 amide bonds. The Balaban J connectivity index is 1.91. The Morgan fingerprint density at radius 1 is 0.461 bits per heavy atom. The summed E-state index contributed by atoms with van der Waals surface area (Å²) >= 11 is 0. The highest BCUT2D eigenvalue weighted by molar-refractivity contribution is 7.47. The van der Waals surface area contributed by atoms with E-state index in [0.717, 1.165) is 44.9 Å². The highest BCUT2D eigenvalue weighted by Gasteiger charge is 2.30. The maximum atomic E-state index is 13.1. The van der Waals surface area contributed by atoms with Crippen molar-refractivity contribution < 1.29 is 77.2 Å². The van der Waals surface area contributed by atoms with Crippen molar-refractivity contribution in [3.63, 3.8) is 0 Å². The van der Waals surface area contributed by atoms with Gasteiger partial charge in [0.05, 0.1) is 32.8 Å². The van der Waals surface area contributed by atoms with Crippen LogP contribution in [0.3, 0.4) is 0 Å². The lowest BCUT2D eigenvalue weighted by Crippen LogP contribution is -2.51. The van der Waals surface area contributed by atoms with Crippen molar-refractivity contribution in [3.8, 4) is 0 Å². The summed E-state index contributed by atoms with van der Waals surface area (Å²) in [6.45, 7) is 2.76. The molecular weight excluding hydrogens is 1170 g/mol. The topological polar surface area (TPSA) is 329 Å². The average Bonchev–Trinajstić information content (AvgIpc) is 1.01. The van der Waals surface area contributed by atoms with E-state index in [0.29, 0.717) is 12.8 Å². The molecule has 0 aromatic heterocycles.